The number of ether oxygens (including phenoxy) is 3. The molecule has 1 atom stereocenters. The van der Waals surface area contributed by atoms with E-state index in [0.717, 1.165) is 55.0 Å². The highest BCUT2D eigenvalue weighted by molar-refractivity contribution is 6.32. The van der Waals surface area contributed by atoms with Crippen molar-refractivity contribution in [3.63, 3.8) is 0 Å². The van der Waals surface area contributed by atoms with Crippen molar-refractivity contribution in [2.75, 3.05) is 51.0 Å². The van der Waals surface area contributed by atoms with E-state index in [1.54, 1.807) is 52.0 Å². The van der Waals surface area contributed by atoms with Gasteiger partial charge in [0.1, 0.15) is 23.1 Å². The van der Waals surface area contributed by atoms with Crippen LogP contribution in [0, 0.1) is 0 Å². The second-order valence-corrected chi connectivity index (χ2v) is 15.6. The Kier molecular flexibility index (Phi) is 13.1. The second kappa shape index (κ2) is 18.2. The molecule has 4 aromatic carbocycles. The van der Waals surface area contributed by atoms with Crippen LogP contribution < -0.4 is 25.4 Å². The predicted molar refractivity (Wildman–Crippen MR) is 230 cm³/mol. The van der Waals surface area contributed by atoms with Gasteiger partial charge in [-0.3, -0.25) is 9.59 Å². The summed E-state index contributed by atoms with van der Waals surface area (Å²) in [6.45, 7) is 6.46. The van der Waals surface area contributed by atoms with Crippen LogP contribution in [-0.4, -0.2) is 90.0 Å². The Bertz CT molecular complexity index is 2350. The van der Waals surface area contributed by atoms with Crippen LogP contribution in [0.3, 0.4) is 0 Å². The molecular formula is C43H46Cl2N6O7. The molecule has 13 nitrogen and oxygen atoms in total. The number of alkyl carbamates (subject to hydrolysis) is 1. The van der Waals surface area contributed by atoms with Crippen molar-refractivity contribution in [1.29, 1.82) is 0 Å². The second-order valence-electron chi connectivity index (χ2n) is 14.7. The molecule has 6 rings (SSSR count). The Morgan fingerprint density at radius 1 is 0.707 bits per heavy atom. The summed E-state index contributed by atoms with van der Waals surface area (Å²) in [5.41, 5.74) is 3.76. The number of hydrogen-bond acceptors (Lipinski definition) is 10. The highest BCUT2D eigenvalue weighted by Crippen LogP contribution is 2.36. The Balaban J connectivity index is 1.24. The first kappa shape index (κ1) is 41.8. The van der Waals surface area contributed by atoms with Crippen molar-refractivity contribution in [2.24, 2.45) is 0 Å². The molecule has 0 spiro atoms. The quantitative estimate of drug-likeness (QED) is 0.0544. The number of methoxy groups -OCH3 is 2. The monoisotopic (exact) mass is 828 g/mol. The number of aliphatic carboxylic acids is 1. The maximum absolute atomic E-state index is 14.2. The summed E-state index contributed by atoms with van der Waals surface area (Å²) in [4.78, 5) is 50.2. The average Bonchev–Trinajstić information content (AvgIpc) is 3.17. The van der Waals surface area contributed by atoms with E-state index in [1.165, 1.54) is 0 Å². The zero-order valence-corrected chi connectivity index (χ0v) is 34.5. The molecule has 0 aliphatic heterocycles. The molecule has 0 radical (unpaired) electrons. The van der Waals surface area contributed by atoms with E-state index in [-0.39, 0.29) is 13.1 Å². The summed E-state index contributed by atoms with van der Waals surface area (Å²) >= 11 is 12.7. The first-order valence-corrected chi connectivity index (χ1v) is 19.6. The Labute approximate surface area is 345 Å². The zero-order chi connectivity index (χ0) is 41.6. The molecule has 15 heteroatoms. The summed E-state index contributed by atoms with van der Waals surface area (Å²) in [5.74, 6) is -0.425. The number of carbonyl (C=O) groups is 3. The van der Waals surface area contributed by atoms with Crippen LogP contribution in [0.5, 0.6) is 11.5 Å². The highest BCUT2D eigenvalue weighted by atomic mass is 35.5. The van der Waals surface area contributed by atoms with Gasteiger partial charge in [0.05, 0.1) is 54.1 Å². The van der Waals surface area contributed by atoms with E-state index in [1.807, 2.05) is 60.7 Å². The number of pyridine rings is 2. The van der Waals surface area contributed by atoms with Crippen molar-refractivity contribution < 1.29 is 33.7 Å². The topological polar surface area (TPSA) is 164 Å². The molecule has 0 saturated heterocycles. The zero-order valence-electron chi connectivity index (χ0n) is 32.9. The Morgan fingerprint density at radius 2 is 1.19 bits per heavy atom. The van der Waals surface area contributed by atoms with Crippen molar-refractivity contribution in [1.82, 2.24) is 20.2 Å². The molecule has 0 saturated carbocycles. The third kappa shape index (κ3) is 10.2. The van der Waals surface area contributed by atoms with Gasteiger partial charge in [0.2, 0.25) is 5.91 Å². The molecule has 2 aromatic heterocycles. The first-order chi connectivity index (χ1) is 27.7. The third-order valence-corrected chi connectivity index (χ3v) is 9.85. The number of anilines is 2. The highest BCUT2D eigenvalue weighted by Gasteiger charge is 2.30. The fourth-order valence-electron chi connectivity index (χ4n) is 6.77. The van der Waals surface area contributed by atoms with Crippen LogP contribution >= 0.6 is 23.2 Å². The third-order valence-electron chi connectivity index (χ3n) is 9.38. The summed E-state index contributed by atoms with van der Waals surface area (Å²) in [7, 11) is 3.21. The number of amides is 2. The molecule has 0 bridgehead atoms. The molecule has 0 fully saturated rings. The van der Waals surface area contributed by atoms with Gasteiger partial charge in [-0.1, -0.05) is 23.2 Å². The van der Waals surface area contributed by atoms with Crippen molar-refractivity contribution in [3.8, 4) is 11.5 Å². The number of aromatic nitrogens is 2. The van der Waals surface area contributed by atoms with Gasteiger partial charge >= 0.3 is 12.1 Å². The van der Waals surface area contributed by atoms with E-state index < -0.39 is 36.0 Å². The lowest BCUT2D eigenvalue weighted by atomic mass is 10.1. The molecule has 6 aromatic rings. The number of carbonyl (C=O) groups excluding carboxylic acids is 2. The molecule has 0 aliphatic rings. The number of rotatable bonds is 16. The smallest absolute Gasteiger partial charge is 0.408 e. The van der Waals surface area contributed by atoms with Crippen LogP contribution in [0.15, 0.2) is 72.8 Å². The number of nitrogens with one attached hydrogen (secondary N) is 3. The van der Waals surface area contributed by atoms with Crippen molar-refractivity contribution >= 4 is 96.2 Å². The molecule has 2 amide bonds. The molecule has 0 aliphatic carbocycles. The summed E-state index contributed by atoms with van der Waals surface area (Å²) in [6, 6.07) is 21.0. The van der Waals surface area contributed by atoms with Crippen LogP contribution in [0.25, 0.3) is 43.6 Å². The van der Waals surface area contributed by atoms with Crippen LogP contribution in [0.4, 0.5) is 16.2 Å². The van der Waals surface area contributed by atoms with Crippen molar-refractivity contribution in [2.45, 2.75) is 51.7 Å². The van der Waals surface area contributed by atoms with Gasteiger partial charge in [-0.25, -0.2) is 14.8 Å². The number of nitrogens with zero attached hydrogens (tertiary/aromatic N) is 3. The van der Waals surface area contributed by atoms with Gasteiger partial charge < -0.3 is 40.2 Å². The number of carboxylic acid groups (broad SMARTS) is 1. The maximum Gasteiger partial charge on any atom is 0.408 e. The lowest BCUT2D eigenvalue weighted by molar-refractivity contribution is -0.142. The molecule has 2 heterocycles. The number of hydrogen-bond donors (Lipinski definition) is 4. The van der Waals surface area contributed by atoms with E-state index >= 15 is 0 Å². The normalized spacial score (nSPS) is 12.1. The average molecular weight is 830 g/mol. The van der Waals surface area contributed by atoms with Gasteiger partial charge in [-0.2, -0.15) is 0 Å². The lowest BCUT2D eigenvalue weighted by Crippen LogP contribution is -2.51. The lowest BCUT2D eigenvalue weighted by Gasteiger charge is -2.29. The van der Waals surface area contributed by atoms with Crippen LogP contribution in [0.2, 0.25) is 10.0 Å². The number of fused-ring (bicyclic) bond motifs is 4. The molecule has 58 heavy (non-hydrogen) atoms. The fraction of sp³-hybridized carbons (Fsp3) is 0.326. The summed E-state index contributed by atoms with van der Waals surface area (Å²) in [6.07, 6.45) is -0.540. The van der Waals surface area contributed by atoms with Gasteiger partial charge in [0, 0.05) is 57.8 Å². The molecule has 1 unspecified atom stereocenters. The van der Waals surface area contributed by atoms with Gasteiger partial charge in [-0.15, -0.1) is 0 Å². The maximum atomic E-state index is 14.2. The van der Waals surface area contributed by atoms with E-state index in [9.17, 15) is 19.5 Å². The Hall–Kier alpha value is -5.79. The predicted octanol–water partition coefficient (Wildman–Crippen LogP) is 8.91. The van der Waals surface area contributed by atoms with E-state index in [4.69, 9.17) is 47.4 Å². The number of halogens is 2. The molecule has 304 valence electrons. The standard InChI is InChI=1S/C43H46Cl2N6O7/c1-43(2,3)58-42(55)50-37(24-38(52)53)41(54)51(18-6-16-46-39-29-12-8-25(44)20-35(29)48-33-14-10-27(56-4)22-31(33)39)19-7-17-47-40-30-13-9-26(45)21-36(30)49-34-15-11-28(57-5)23-32(34)40/h8-15,20-23,37H,6-7,16-19,24H2,1-5H3,(H,46,48)(H,47,49)(H,50,55)(H,52,53). The van der Waals surface area contributed by atoms with E-state index in [2.05, 4.69) is 16.0 Å². The van der Waals surface area contributed by atoms with Gasteiger partial charge in [-0.05, 0) is 106 Å². The van der Waals surface area contributed by atoms with E-state index in [0.29, 0.717) is 47.5 Å². The Morgan fingerprint density at radius 3 is 1.62 bits per heavy atom. The molecular weight excluding hydrogens is 783 g/mol. The first-order valence-electron chi connectivity index (χ1n) is 18.8. The van der Waals surface area contributed by atoms with Gasteiger partial charge in [0.25, 0.3) is 0 Å². The minimum Gasteiger partial charge on any atom is -0.497 e. The number of carboxylic acids is 1. The van der Waals surface area contributed by atoms with Gasteiger partial charge in [0.15, 0.2) is 0 Å². The summed E-state index contributed by atoms with van der Waals surface area (Å²) in [5, 5.41) is 23.9. The largest absolute Gasteiger partial charge is 0.497 e. The van der Waals surface area contributed by atoms with Crippen LogP contribution in [-0.2, 0) is 14.3 Å². The minimum atomic E-state index is -1.36. The SMILES string of the molecule is COc1ccc2nc3cc(Cl)ccc3c(NCCCN(CCCNc3c4ccc(Cl)cc4nc4ccc(OC)cc34)C(=O)C(CC(=O)O)NC(=O)OC(C)(C)C)c2c1. The summed E-state index contributed by atoms with van der Waals surface area (Å²) < 4.78 is 16.4. The van der Waals surface area contributed by atoms with Crippen LogP contribution in [0.1, 0.15) is 40.0 Å². The fourth-order valence-corrected chi connectivity index (χ4v) is 7.10. The molecule has 4 N–H and O–H groups in total. The number of benzene rings is 4. The minimum absolute atomic E-state index is 0.255. The van der Waals surface area contributed by atoms with Crippen molar-refractivity contribution in [3.05, 3.63) is 82.8 Å².